The molecule has 0 saturated carbocycles. The Morgan fingerprint density at radius 2 is 1.89 bits per heavy atom. The van der Waals surface area contributed by atoms with E-state index in [2.05, 4.69) is 12.2 Å². The lowest BCUT2D eigenvalue weighted by molar-refractivity contribution is 0.354. The van der Waals surface area contributed by atoms with Crippen molar-refractivity contribution >= 4 is 19.7 Å². The highest BCUT2D eigenvalue weighted by Gasteiger charge is 2.09. The first kappa shape index (κ1) is 13.2. The maximum Gasteiger partial charge on any atom is 0.261 e. The Bertz CT molecular complexity index is 571. The van der Waals surface area contributed by atoms with Crippen molar-refractivity contribution in [3.63, 3.8) is 0 Å². The molecule has 0 bridgehead atoms. The first-order valence-corrected chi connectivity index (χ1v) is 7.90. The largest absolute Gasteiger partial charge is 0.489 e. The van der Waals surface area contributed by atoms with Crippen LogP contribution in [0.25, 0.3) is 0 Å². The van der Waals surface area contributed by atoms with Crippen LogP contribution >= 0.6 is 10.7 Å². The molecule has 0 fully saturated rings. The van der Waals surface area contributed by atoms with Gasteiger partial charge in [0.1, 0.15) is 12.4 Å². The van der Waals surface area contributed by atoms with E-state index in [4.69, 9.17) is 15.4 Å². The van der Waals surface area contributed by atoms with Crippen LogP contribution in [-0.4, -0.2) is 15.0 Å². The fourth-order valence-corrected chi connectivity index (χ4v) is 2.41. The van der Waals surface area contributed by atoms with Crippen molar-refractivity contribution in [1.29, 1.82) is 0 Å². The average molecular weight is 285 g/mol. The minimum absolute atomic E-state index is 0.0771. The van der Waals surface area contributed by atoms with Crippen LogP contribution in [0.3, 0.4) is 0 Å². The van der Waals surface area contributed by atoms with E-state index in [1.165, 1.54) is 12.1 Å². The molecular formula is C13H13ClO3S. The van der Waals surface area contributed by atoms with Gasteiger partial charge in [-0.2, -0.15) is 0 Å². The standard InChI is InChI=1S/C13H13ClO3S/c14-18(15,16)13-8-6-12(7-9-13)17-10-11-4-2-1-3-5-11/h2,4-9H,1,3,10H2. The molecule has 0 aromatic heterocycles. The number of hydrogen-bond donors (Lipinski definition) is 0. The van der Waals surface area contributed by atoms with Crippen molar-refractivity contribution in [3.8, 4) is 5.75 Å². The van der Waals surface area contributed by atoms with E-state index < -0.39 is 9.05 Å². The second kappa shape index (κ2) is 5.59. The SMILES string of the molecule is O=S(=O)(Cl)c1ccc(OCC2=CCCC=C2)cc1. The summed E-state index contributed by atoms with van der Waals surface area (Å²) in [6, 6.07) is 6.07. The number of halogens is 1. The highest BCUT2D eigenvalue weighted by Crippen LogP contribution is 2.20. The molecule has 3 nitrogen and oxygen atoms in total. The van der Waals surface area contributed by atoms with Crippen molar-refractivity contribution in [3.05, 3.63) is 48.1 Å². The molecule has 1 aliphatic rings. The van der Waals surface area contributed by atoms with Gasteiger partial charge in [0.2, 0.25) is 0 Å². The first-order valence-electron chi connectivity index (χ1n) is 5.59. The van der Waals surface area contributed by atoms with Gasteiger partial charge >= 0.3 is 0 Å². The van der Waals surface area contributed by atoms with Crippen LogP contribution in [0.5, 0.6) is 5.75 Å². The van der Waals surface area contributed by atoms with E-state index in [1.807, 2.05) is 6.08 Å². The lowest BCUT2D eigenvalue weighted by atomic mass is 10.1. The van der Waals surface area contributed by atoms with E-state index in [0.717, 1.165) is 18.4 Å². The number of allylic oxidation sites excluding steroid dienone is 2. The van der Waals surface area contributed by atoms with Gasteiger partial charge < -0.3 is 4.74 Å². The third-order valence-corrected chi connectivity index (χ3v) is 3.95. The third-order valence-electron chi connectivity index (χ3n) is 2.58. The lowest BCUT2D eigenvalue weighted by Gasteiger charge is -2.09. The Kier molecular flexibility index (Phi) is 4.09. The highest BCUT2D eigenvalue weighted by atomic mass is 35.7. The molecule has 1 aliphatic carbocycles. The molecule has 18 heavy (non-hydrogen) atoms. The maximum atomic E-state index is 11.1. The van der Waals surface area contributed by atoms with Crippen LogP contribution in [-0.2, 0) is 9.05 Å². The number of benzene rings is 1. The molecule has 0 unspecified atom stereocenters. The number of hydrogen-bond acceptors (Lipinski definition) is 3. The van der Waals surface area contributed by atoms with Crippen LogP contribution in [0, 0.1) is 0 Å². The molecule has 0 saturated heterocycles. The fourth-order valence-electron chi connectivity index (χ4n) is 1.64. The molecule has 96 valence electrons. The van der Waals surface area contributed by atoms with Crippen LogP contribution < -0.4 is 4.74 Å². The molecule has 1 aromatic rings. The van der Waals surface area contributed by atoms with Gasteiger partial charge in [0.05, 0.1) is 4.90 Å². The summed E-state index contributed by atoms with van der Waals surface area (Å²) in [6.45, 7) is 0.490. The lowest BCUT2D eigenvalue weighted by Crippen LogP contribution is -2.01. The second-order valence-electron chi connectivity index (χ2n) is 3.96. The smallest absolute Gasteiger partial charge is 0.261 e. The zero-order chi connectivity index (χ0) is 13.0. The zero-order valence-corrected chi connectivity index (χ0v) is 11.2. The van der Waals surface area contributed by atoms with E-state index in [9.17, 15) is 8.42 Å². The number of rotatable bonds is 4. The van der Waals surface area contributed by atoms with Crippen LogP contribution in [0.2, 0.25) is 0 Å². The van der Waals surface area contributed by atoms with Crippen molar-refractivity contribution in [2.24, 2.45) is 0 Å². The van der Waals surface area contributed by atoms with Gasteiger partial charge in [0, 0.05) is 10.7 Å². The van der Waals surface area contributed by atoms with Crippen LogP contribution in [0.15, 0.2) is 53.0 Å². The summed E-state index contributed by atoms with van der Waals surface area (Å²) in [5, 5.41) is 0. The molecule has 0 spiro atoms. The summed E-state index contributed by atoms with van der Waals surface area (Å²) in [6.07, 6.45) is 8.41. The van der Waals surface area contributed by atoms with Crippen molar-refractivity contribution in [1.82, 2.24) is 0 Å². The summed E-state index contributed by atoms with van der Waals surface area (Å²) >= 11 is 0. The minimum atomic E-state index is -3.66. The molecule has 5 heteroatoms. The summed E-state index contributed by atoms with van der Waals surface area (Å²) in [4.78, 5) is 0.0771. The Balaban J connectivity index is 1.99. The molecule has 1 aromatic carbocycles. The molecule has 0 radical (unpaired) electrons. The average Bonchev–Trinajstić information content (AvgIpc) is 2.37. The van der Waals surface area contributed by atoms with Crippen LogP contribution in [0.4, 0.5) is 0 Å². The van der Waals surface area contributed by atoms with Gasteiger partial charge in [-0.25, -0.2) is 8.42 Å². The molecule has 2 rings (SSSR count). The second-order valence-corrected chi connectivity index (χ2v) is 6.52. The van der Waals surface area contributed by atoms with E-state index in [-0.39, 0.29) is 4.90 Å². The van der Waals surface area contributed by atoms with Gasteiger partial charge in [-0.1, -0.05) is 18.2 Å². The molecule has 0 amide bonds. The fraction of sp³-hybridized carbons (Fsp3) is 0.231. The summed E-state index contributed by atoms with van der Waals surface area (Å²) < 4.78 is 27.7. The van der Waals surface area contributed by atoms with Crippen LogP contribution in [0.1, 0.15) is 12.8 Å². The monoisotopic (exact) mass is 284 g/mol. The van der Waals surface area contributed by atoms with Crippen molar-refractivity contribution in [2.75, 3.05) is 6.61 Å². The molecule has 0 N–H and O–H groups in total. The maximum absolute atomic E-state index is 11.1. The van der Waals surface area contributed by atoms with Gasteiger partial charge in [0.25, 0.3) is 9.05 Å². The van der Waals surface area contributed by atoms with Crippen molar-refractivity contribution in [2.45, 2.75) is 17.7 Å². The Morgan fingerprint density at radius 1 is 1.17 bits per heavy atom. The summed E-state index contributed by atoms with van der Waals surface area (Å²) in [5.74, 6) is 0.624. The number of ether oxygens (including phenoxy) is 1. The van der Waals surface area contributed by atoms with E-state index >= 15 is 0 Å². The minimum Gasteiger partial charge on any atom is -0.489 e. The molecular weight excluding hydrogens is 272 g/mol. The zero-order valence-electron chi connectivity index (χ0n) is 9.67. The molecule has 0 atom stereocenters. The molecule has 0 heterocycles. The Morgan fingerprint density at radius 3 is 2.44 bits per heavy atom. The Labute approximate surface area is 111 Å². The Hall–Kier alpha value is -1.26. The van der Waals surface area contributed by atoms with Crippen molar-refractivity contribution < 1.29 is 13.2 Å². The van der Waals surface area contributed by atoms with Gasteiger partial charge in [-0.15, -0.1) is 0 Å². The highest BCUT2D eigenvalue weighted by molar-refractivity contribution is 8.13. The molecule has 0 aliphatic heterocycles. The summed E-state index contributed by atoms with van der Waals surface area (Å²) in [5.41, 5.74) is 1.13. The third kappa shape index (κ3) is 3.62. The normalized spacial score (nSPS) is 15.3. The van der Waals surface area contributed by atoms with Gasteiger partial charge in [-0.05, 0) is 42.7 Å². The van der Waals surface area contributed by atoms with E-state index in [1.54, 1.807) is 12.1 Å². The quantitative estimate of drug-likeness (QED) is 0.797. The predicted octanol–water partition coefficient (Wildman–Crippen LogP) is 3.27. The van der Waals surface area contributed by atoms with E-state index in [0.29, 0.717) is 12.4 Å². The topological polar surface area (TPSA) is 43.4 Å². The predicted molar refractivity (Wildman–Crippen MR) is 71.4 cm³/mol. The van der Waals surface area contributed by atoms with Gasteiger partial charge in [0.15, 0.2) is 0 Å². The summed E-state index contributed by atoms with van der Waals surface area (Å²) in [7, 11) is 1.56. The first-order chi connectivity index (χ1) is 8.55. The van der Waals surface area contributed by atoms with Gasteiger partial charge in [-0.3, -0.25) is 0 Å².